The maximum Gasteiger partial charge on any atom is 0.174 e. The van der Waals surface area contributed by atoms with E-state index in [0.29, 0.717) is 41.2 Å². The van der Waals surface area contributed by atoms with E-state index < -0.39 is 5.60 Å². The number of ketones is 1. The van der Waals surface area contributed by atoms with Gasteiger partial charge in [0.1, 0.15) is 40.8 Å². The van der Waals surface area contributed by atoms with Crippen molar-refractivity contribution in [2.45, 2.75) is 84.3 Å². The Balaban J connectivity index is 2.23. The van der Waals surface area contributed by atoms with Crippen LogP contribution < -0.4 is 14.2 Å². The van der Waals surface area contributed by atoms with Crippen molar-refractivity contribution < 1.29 is 23.8 Å². The summed E-state index contributed by atoms with van der Waals surface area (Å²) in [4.78, 5) is 24.7. The fourth-order valence-corrected chi connectivity index (χ4v) is 4.36. The van der Waals surface area contributed by atoms with Crippen LogP contribution in [0.2, 0.25) is 0 Å². The summed E-state index contributed by atoms with van der Waals surface area (Å²) < 4.78 is 18.6. The second kappa shape index (κ2) is 9.71. The monoisotopic (exact) mass is 426 g/mol. The average molecular weight is 427 g/mol. The molecule has 5 heteroatoms. The predicted octanol–water partition coefficient (Wildman–Crippen LogP) is 6.18. The predicted molar refractivity (Wildman–Crippen MR) is 123 cm³/mol. The molecule has 1 aromatic carbocycles. The number of hydrogen-bond acceptors (Lipinski definition) is 5. The third-order valence-corrected chi connectivity index (χ3v) is 5.83. The molecule has 2 heterocycles. The van der Waals surface area contributed by atoms with Gasteiger partial charge in [-0.25, -0.2) is 0 Å². The topological polar surface area (TPSA) is 61.8 Å². The zero-order chi connectivity index (χ0) is 22.6. The Morgan fingerprint density at radius 1 is 1.23 bits per heavy atom. The Labute approximate surface area is 185 Å². The largest absolute Gasteiger partial charge is 0.495 e. The van der Waals surface area contributed by atoms with E-state index in [1.165, 1.54) is 0 Å². The number of benzene rings is 1. The second-order valence-corrected chi connectivity index (χ2v) is 8.83. The number of ether oxygens (including phenoxy) is 3. The number of hydrogen-bond donors (Lipinski definition) is 0. The minimum absolute atomic E-state index is 0.0174. The lowest BCUT2D eigenvalue weighted by Gasteiger charge is -2.35. The van der Waals surface area contributed by atoms with Crippen LogP contribution in [-0.4, -0.2) is 30.9 Å². The molecule has 0 amide bonds. The number of carbonyl (C=O) groups is 2. The van der Waals surface area contributed by atoms with E-state index in [-0.39, 0.29) is 11.9 Å². The number of aldehydes is 1. The van der Waals surface area contributed by atoms with Gasteiger partial charge in [-0.3, -0.25) is 9.59 Å². The number of fused-ring (bicyclic) bond motifs is 3. The molecule has 1 aromatic rings. The van der Waals surface area contributed by atoms with E-state index in [2.05, 4.69) is 13.8 Å². The molecule has 1 unspecified atom stereocenters. The fraction of sp³-hybridized carbons (Fsp3) is 0.538. The summed E-state index contributed by atoms with van der Waals surface area (Å²) in [5, 5.41) is 0. The van der Waals surface area contributed by atoms with Crippen LogP contribution in [0.25, 0.3) is 11.6 Å². The molecule has 0 aliphatic carbocycles. The molecule has 0 saturated heterocycles. The molecule has 0 spiro atoms. The Morgan fingerprint density at radius 2 is 2.00 bits per heavy atom. The highest BCUT2D eigenvalue weighted by Crippen LogP contribution is 2.52. The van der Waals surface area contributed by atoms with E-state index in [1.54, 1.807) is 13.2 Å². The first-order valence-corrected chi connectivity index (χ1v) is 11.4. The summed E-state index contributed by atoms with van der Waals surface area (Å²) in [6.07, 6.45) is 12.1. The molecule has 3 rings (SSSR count). The summed E-state index contributed by atoms with van der Waals surface area (Å²) in [7, 11) is 1.56. The van der Waals surface area contributed by atoms with Crippen molar-refractivity contribution in [2.75, 3.05) is 7.11 Å². The van der Waals surface area contributed by atoms with Crippen LogP contribution in [0, 0.1) is 0 Å². The van der Waals surface area contributed by atoms with Crippen molar-refractivity contribution in [1.82, 2.24) is 0 Å². The van der Waals surface area contributed by atoms with E-state index >= 15 is 0 Å². The minimum Gasteiger partial charge on any atom is -0.495 e. The lowest BCUT2D eigenvalue weighted by Crippen LogP contribution is -2.32. The Hall–Kier alpha value is -2.56. The molecule has 0 radical (unpaired) electrons. The summed E-state index contributed by atoms with van der Waals surface area (Å²) in [6.45, 7) is 8.17. The minimum atomic E-state index is -0.529. The highest BCUT2D eigenvalue weighted by atomic mass is 16.5. The van der Waals surface area contributed by atoms with Gasteiger partial charge in [0.2, 0.25) is 0 Å². The second-order valence-electron chi connectivity index (χ2n) is 8.83. The van der Waals surface area contributed by atoms with Gasteiger partial charge in [0.25, 0.3) is 0 Å². The molecule has 2 aliphatic rings. The smallest absolute Gasteiger partial charge is 0.174 e. The van der Waals surface area contributed by atoms with Gasteiger partial charge < -0.3 is 14.2 Å². The SMILES string of the molecule is CCCCCC1CC(=O)c2c(c3c(c(/C(=C\C=O)CCC)c2OC)OC(C)(C)C=C3)O1. The molecule has 0 bridgehead atoms. The molecule has 2 aliphatic heterocycles. The van der Waals surface area contributed by atoms with Crippen LogP contribution in [-0.2, 0) is 4.79 Å². The fourth-order valence-electron chi connectivity index (χ4n) is 4.36. The standard InChI is InChI=1S/C26H34O5/c1-6-8-9-11-18-16-20(28)22-23(30-18)19-12-14-26(3,4)31-24(19)21(25(22)29-5)17(10-7-2)13-15-27/h12-15,18H,6-11,16H2,1-5H3/b17-13-. The van der Waals surface area contributed by atoms with Crippen molar-refractivity contribution in [2.24, 2.45) is 0 Å². The molecule has 1 atom stereocenters. The maximum atomic E-state index is 13.3. The van der Waals surface area contributed by atoms with Crippen LogP contribution >= 0.6 is 0 Å². The van der Waals surface area contributed by atoms with Gasteiger partial charge in [-0.2, -0.15) is 0 Å². The highest BCUT2D eigenvalue weighted by Gasteiger charge is 2.38. The zero-order valence-electron chi connectivity index (χ0n) is 19.4. The molecule has 168 valence electrons. The van der Waals surface area contributed by atoms with Crippen LogP contribution in [0.4, 0.5) is 0 Å². The molecule has 31 heavy (non-hydrogen) atoms. The Morgan fingerprint density at radius 3 is 2.65 bits per heavy atom. The van der Waals surface area contributed by atoms with Crippen LogP contribution in [0.1, 0.15) is 94.1 Å². The summed E-state index contributed by atoms with van der Waals surface area (Å²) in [6, 6.07) is 0. The lowest BCUT2D eigenvalue weighted by atomic mass is 9.86. The molecule has 0 fully saturated rings. The van der Waals surface area contributed by atoms with E-state index in [1.807, 2.05) is 26.0 Å². The normalized spacial score (nSPS) is 19.2. The molecular formula is C26H34O5. The van der Waals surface area contributed by atoms with Crippen molar-refractivity contribution in [3.63, 3.8) is 0 Å². The number of allylic oxidation sites excluding steroid dienone is 2. The average Bonchev–Trinajstić information content (AvgIpc) is 2.72. The molecule has 0 N–H and O–H groups in total. The van der Waals surface area contributed by atoms with Gasteiger partial charge in [0.15, 0.2) is 5.78 Å². The summed E-state index contributed by atoms with van der Waals surface area (Å²) in [5.41, 5.74) is 2.18. The first-order chi connectivity index (χ1) is 14.9. The third-order valence-electron chi connectivity index (χ3n) is 5.83. The number of Topliss-reactive ketones (excluding diaryl/α,β-unsaturated/α-hetero) is 1. The maximum absolute atomic E-state index is 13.3. The molecular weight excluding hydrogens is 392 g/mol. The lowest BCUT2D eigenvalue weighted by molar-refractivity contribution is -0.104. The van der Waals surface area contributed by atoms with E-state index in [4.69, 9.17) is 14.2 Å². The van der Waals surface area contributed by atoms with Gasteiger partial charge in [0, 0.05) is 6.42 Å². The van der Waals surface area contributed by atoms with Crippen LogP contribution in [0.5, 0.6) is 17.2 Å². The third kappa shape index (κ3) is 4.70. The van der Waals surface area contributed by atoms with Crippen molar-refractivity contribution >= 4 is 23.7 Å². The number of unbranched alkanes of at least 4 members (excludes halogenated alkanes) is 2. The summed E-state index contributed by atoms with van der Waals surface area (Å²) in [5.74, 6) is 1.62. The van der Waals surface area contributed by atoms with E-state index in [0.717, 1.165) is 49.5 Å². The Bertz CT molecular complexity index is 907. The molecule has 5 nitrogen and oxygen atoms in total. The van der Waals surface area contributed by atoms with Crippen molar-refractivity contribution in [1.29, 1.82) is 0 Å². The van der Waals surface area contributed by atoms with E-state index in [9.17, 15) is 9.59 Å². The zero-order valence-corrected chi connectivity index (χ0v) is 19.4. The number of carbonyl (C=O) groups excluding carboxylic acids is 2. The van der Waals surface area contributed by atoms with Crippen molar-refractivity contribution in [3.05, 3.63) is 28.8 Å². The van der Waals surface area contributed by atoms with Crippen LogP contribution in [0.15, 0.2) is 12.2 Å². The first-order valence-electron chi connectivity index (χ1n) is 11.4. The van der Waals surface area contributed by atoms with Crippen LogP contribution in [0.3, 0.4) is 0 Å². The number of rotatable bonds is 9. The van der Waals surface area contributed by atoms with Gasteiger partial charge in [0.05, 0.1) is 18.2 Å². The molecule has 0 saturated carbocycles. The summed E-state index contributed by atoms with van der Waals surface area (Å²) >= 11 is 0. The van der Waals surface area contributed by atoms with Crippen molar-refractivity contribution in [3.8, 4) is 17.2 Å². The molecule has 0 aromatic heterocycles. The Kier molecular flexibility index (Phi) is 7.24. The first kappa shape index (κ1) is 23.1. The quantitative estimate of drug-likeness (QED) is 0.268. The van der Waals surface area contributed by atoms with Gasteiger partial charge >= 0.3 is 0 Å². The highest BCUT2D eigenvalue weighted by molar-refractivity contribution is 6.07. The van der Waals surface area contributed by atoms with Gasteiger partial charge in [-0.1, -0.05) is 33.1 Å². The van der Waals surface area contributed by atoms with Gasteiger partial charge in [-0.05, 0) is 56.9 Å². The van der Waals surface area contributed by atoms with Gasteiger partial charge in [-0.15, -0.1) is 0 Å². The number of methoxy groups -OCH3 is 1.